The van der Waals surface area contributed by atoms with Gasteiger partial charge in [-0.2, -0.15) is 5.10 Å². The molecule has 0 radical (unpaired) electrons. The van der Waals surface area contributed by atoms with Crippen molar-refractivity contribution >= 4 is 0 Å². The molecule has 0 bridgehead atoms. The molecule has 3 heteroatoms. The molecule has 1 aromatic heterocycles. The van der Waals surface area contributed by atoms with Crippen molar-refractivity contribution in [2.24, 2.45) is 5.41 Å². The summed E-state index contributed by atoms with van der Waals surface area (Å²) in [7, 11) is 0. The van der Waals surface area contributed by atoms with Crippen LogP contribution in [-0.4, -0.2) is 22.4 Å². The molecule has 0 spiro atoms. The minimum atomic E-state index is 0.439. The third-order valence-corrected chi connectivity index (χ3v) is 4.09. The summed E-state index contributed by atoms with van der Waals surface area (Å²) < 4.78 is 2.18. The smallest absolute Gasteiger partial charge is 0.0677 e. The van der Waals surface area contributed by atoms with E-state index in [1.165, 1.54) is 31.2 Å². The third-order valence-electron chi connectivity index (χ3n) is 4.09. The maximum absolute atomic E-state index is 4.54. The third kappa shape index (κ3) is 3.14. The first-order valence-corrected chi connectivity index (χ1v) is 7.26. The first-order chi connectivity index (χ1) is 8.52. The van der Waals surface area contributed by atoms with Crippen LogP contribution in [0.15, 0.2) is 12.4 Å². The molecule has 1 N–H and O–H groups in total. The lowest BCUT2D eigenvalue weighted by atomic mass is 9.73. The summed E-state index contributed by atoms with van der Waals surface area (Å²) in [6.07, 6.45) is 9.15. The van der Waals surface area contributed by atoms with Crippen LogP contribution in [0, 0.1) is 12.3 Å². The second-order valence-corrected chi connectivity index (χ2v) is 6.53. The molecule has 1 aromatic rings. The van der Waals surface area contributed by atoms with Crippen LogP contribution in [0.3, 0.4) is 0 Å². The second-order valence-electron chi connectivity index (χ2n) is 6.53. The van der Waals surface area contributed by atoms with Gasteiger partial charge in [-0.05, 0) is 50.1 Å². The van der Waals surface area contributed by atoms with Crippen molar-refractivity contribution in [2.45, 2.75) is 65.5 Å². The van der Waals surface area contributed by atoms with Crippen molar-refractivity contribution in [3.05, 3.63) is 18.0 Å². The summed E-state index contributed by atoms with van der Waals surface area (Å²) in [5.41, 5.74) is 1.70. The quantitative estimate of drug-likeness (QED) is 0.887. The molecule has 3 nitrogen and oxygen atoms in total. The van der Waals surface area contributed by atoms with Gasteiger partial charge in [-0.15, -0.1) is 0 Å². The van der Waals surface area contributed by atoms with Gasteiger partial charge in [0.1, 0.15) is 0 Å². The average Bonchev–Trinajstić information content (AvgIpc) is 2.73. The van der Waals surface area contributed by atoms with Crippen LogP contribution in [0.25, 0.3) is 0 Å². The van der Waals surface area contributed by atoms with E-state index in [4.69, 9.17) is 0 Å². The Morgan fingerprint density at radius 1 is 1.50 bits per heavy atom. The standard InChI is InChI=1S/C15H27N3/c1-5-8-16-13-6-7-15(3,4)9-14(13)18-11-12(2)10-17-18/h10-11,13-14,16H,5-9H2,1-4H3. The molecule has 0 saturated heterocycles. The Bertz CT molecular complexity index is 381. The summed E-state index contributed by atoms with van der Waals surface area (Å²) in [6, 6.07) is 1.09. The van der Waals surface area contributed by atoms with E-state index < -0.39 is 0 Å². The molecule has 2 rings (SSSR count). The van der Waals surface area contributed by atoms with Gasteiger partial charge in [-0.3, -0.25) is 4.68 Å². The van der Waals surface area contributed by atoms with Crippen molar-refractivity contribution < 1.29 is 0 Å². The maximum Gasteiger partial charge on any atom is 0.0677 e. The maximum atomic E-state index is 4.54. The van der Waals surface area contributed by atoms with Gasteiger partial charge in [-0.25, -0.2) is 0 Å². The van der Waals surface area contributed by atoms with Crippen LogP contribution in [-0.2, 0) is 0 Å². The molecule has 1 aliphatic rings. The molecule has 18 heavy (non-hydrogen) atoms. The first kappa shape index (κ1) is 13.6. The van der Waals surface area contributed by atoms with Gasteiger partial charge in [0.25, 0.3) is 0 Å². The molecule has 2 atom stereocenters. The minimum Gasteiger partial charge on any atom is -0.312 e. The number of aryl methyl sites for hydroxylation is 1. The van der Waals surface area contributed by atoms with Crippen LogP contribution in [0.5, 0.6) is 0 Å². The Morgan fingerprint density at radius 3 is 2.89 bits per heavy atom. The van der Waals surface area contributed by atoms with Crippen LogP contribution in [0.1, 0.15) is 58.1 Å². The predicted molar refractivity (Wildman–Crippen MR) is 75.7 cm³/mol. The van der Waals surface area contributed by atoms with E-state index in [1.54, 1.807) is 0 Å². The molecular formula is C15H27N3. The van der Waals surface area contributed by atoms with Crippen molar-refractivity contribution in [3.8, 4) is 0 Å². The monoisotopic (exact) mass is 249 g/mol. The van der Waals surface area contributed by atoms with Gasteiger partial charge >= 0.3 is 0 Å². The second kappa shape index (κ2) is 5.43. The molecule has 102 valence electrons. The summed E-state index contributed by atoms with van der Waals surface area (Å²) in [4.78, 5) is 0. The number of hydrogen-bond donors (Lipinski definition) is 1. The summed E-state index contributed by atoms with van der Waals surface area (Å²) in [5.74, 6) is 0. The molecule has 1 fully saturated rings. The SMILES string of the molecule is CCCNC1CCC(C)(C)CC1n1cc(C)cn1. The van der Waals surface area contributed by atoms with Gasteiger partial charge in [0.05, 0.1) is 12.2 Å². The van der Waals surface area contributed by atoms with Crippen molar-refractivity contribution in [1.82, 2.24) is 15.1 Å². The van der Waals surface area contributed by atoms with Crippen molar-refractivity contribution in [2.75, 3.05) is 6.54 Å². The van der Waals surface area contributed by atoms with E-state index >= 15 is 0 Å². The van der Waals surface area contributed by atoms with E-state index in [9.17, 15) is 0 Å². The Kier molecular flexibility index (Phi) is 4.10. The summed E-state index contributed by atoms with van der Waals surface area (Å²) in [5, 5.41) is 8.25. The Morgan fingerprint density at radius 2 is 2.28 bits per heavy atom. The lowest BCUT2D eigenvalue weighted by Gasteiger charge is -2.41. The number of rotatable bonds is 4. The molecule has 2 unspecified atom stereocenters. The minimum absolute atomic E-state index is 0.439. The van der Waals surface area contributed by atoms with E-state index in [0.717, 1.165) is 6.54 Å². The van der Waals surface area contributed by atoms with Crippen molar-refractivity contribution in [1.29, 1.82) is 0 Å². The Labute approximate surface area is 111 Å². The highest BCUT2D eigenvalue weighted by Gasteiger charge is 2.35. The summed E-state index contributed by atoms with van der Waals surface area (Å²) in [6.45, 7) is 10.2. The van der Waals surface area contributed by atoms with Gasteiger partial charge in [0, 0.05) is 12.2 Å². The van der Waals surface area contributed by atoms with E-state index in [1.807, 2.05) is 6.20 Å². The van der Waals surface area contributed by atoms with E-state index in [2.05, 4.69) is 49.0 Å². The zero-order chi connectivity index (χ0) is 13.2. The lowest BCUT2D eigenvalue weighted by molar-refractivity contribution is 0.134. The van der Waals surface area contributed by atoms with Gasteiger partial charge in [0.15, 0.2) is 0 Å². The fourth-order valence-corrected chi connectivity index (χ4v) is 3.01. The molecule has 1 heterocycles. The Hall–Kier alpha value is -0.830. The fraction of sp³-hybridized carbons (Fsp3) is 0.800. The topological polar surface area (TPSA) is 29.9 Å². The van der Waals surface area contributed by atoms with Crippen LogP contribution in [0.4, 0.5) is 0 Å². The molecule has 1 saturated carbocycles. The Balaban J connectivity index is 2.13. The number of aromatic nitrogens is 2. The van der Waals surface area contributed by atoms with Crippen LogP contribution >= 0.6 is 0 Å². The highest BCUT2D eigenvalue weighted by molar-refractivity contribution is 5.03. The summed E-state index contributed by atoms with van der Waals surface area (Å²) >= 11 is 0. The van der Waals surface area contributed by atoms with Gasteiger partial charge in [0.2, 0.25) is 0 Å². The zero-order valence-electron chi connectivity index (χ0n) is 12.2. The predicted octanol–water partition coefficient (Wildman–Crippen LogP) is 3.31. The number of nitrogens with zero attached hydrogens (tertiary/aromatic N) is 2. The zero-order valence-corrected chi connectivity index (χ0v) is 12.2. The molecular weight excluding hydrogens is 222 g/mol. The van der Waals surface area contributed by atoms with Gasteiger partial charge in [-0.1, -0.05) is 20.8 Å². The van der Waals surface area contributed by atoms with Crippen LogP contribution < -0.4 is 5.32 Å². The number of hydrogen-bond acceptors (Lipinski definition) is 2. The molecule has 0 amide bonds. The van der Waals surface area contributed by atoms with E-state index in [-0.39, 0.29) is 0 Å². The lowest BCUT2D eigenvalue weighted by Crippen LogP contribution is -2.44. The van der Waals surface area contributed by atoms with E-state index in [0.29, 0.717) is 17.5 Å². The average molecular weight is 249 g/mol. The van der Waals surface area contributed by atoms with Gasteiger partial charge < -0.3 is 5.32 Å². The molecule has 0 aliphatic heterocycles. The largest absolute Gasteiger partial charge is 0.312 e. The fourth-order valence-electron chi connectivity index (χ4n) is 3.01. The van der Waals surface area contributed by atoms with Crippen molar-refractivity contribution in [3.63, 3.8) is 0 Å². The van der Waals surface area contributed by atoms with Crippen LogP contribution in [0.2, 0.25) is 0 Å². The first-order valence-electron chi connectivity index (χ1n) is 7.26. The molecule has 1 aliphatic carbocycles. The number of nitrogens with one attached hydrogen (secondary N) is 1. The highest BCUT2D eigenvalue weighted by atomic mass is 15.3. The highest BCUT2D eigenvalue weighted by Crippen LogP contribution is 2.40. The normalized spacial score (nSPS) is 27.3. The molecule has 0 aromatic carbocycles.